The average molecular weight is 420 g/mol. The average Bonchev–Trinajstić information content (AvgIpc) is 3.23. The van der Waals surface area contributed by atoms with Crippen LogP contribution in [0.2, 0.25) is 0 Å². The van der Waals surface area contributed by atoms with Gasteiger partial charge in [0.05, 0.1) is 12.1 Å². The molecule has 7 nitrogen and oxygen atoms in total. The highest BCUT2D eigenvalue weighted by Crippen LogP contribution is 2.23. The highest BCUT2D eigenvalue weighted by molar-refractivity contribution is 5.92. The fourth-order valence-electron chi connectivity index (χ4n) is 3.57. The maximum Gasteiger partial charge on any atom is 0.228 e. The van der Waals surface area contributed by atoms with E-state index in [1.165, 1.54) is 0 Å². The van der Waals surface area contributed by atoms with Crippen LogP contribution in [-0.4, -0.2) is 30.7 Å². The summed E-state index contributed by atoms with van der Waals surface area (Å²) < 4.78 is 1.68. The fraction of sp³-hybridized carbons (Fsp3) is 0.0800. The first-order valence-corrected chi connectivity index (χ1v) is 10.3. The Labute approximate surface area is 184 Å². The van der Waals surface area contributed by atoms with Crippen LogP contribution >= 0.6 is 0 Å². The molecule has 1 N–H and O–H groups in total. The number of amides is 1. The topological polar surface area (TPSA) is 85.1 Å². The molecule has 0 aliphatic heterocycles. The van der Waals surface area contributed by atoms with E-state index in [2.05, 4.69) is 20.5 Å². The van der Waals surface area contributed by atoms with Gasteiger partial charge in [-0.05, 0) is 48.9 Å². The highest BCUT2D eigenvalue weighted by Gasteiger charge is 2.12. The summed E-state index contributed by atoms with van der Waals surface area (Å²) in [6, 6.07) is 25.0. The third-order valence-corrected chi connectivity index (χ3v) is 5.05. The third kappa shape index (κ3) is 4.09. The van der Waals surface area contributed by atoms with E-state index in [0.29, 0.717) is 23.6 Å². The van der Waals surface area contributed by atoms with E-state index in [9.17, 15) is 4.79 Å². The predicted octanol–water partition coefficient (Wildman–Crippen LogP) is 4.34. The van der Waals surface area contributed by atoms with Crippen LogP contribution in [-0.2, 0) is 11.2 Å². The van der Waals surface area contributed by atoms with Crippen LogP contribution in [0.4, 0.5) is 5.69 Å². The van der Waals surface area contributed by atoms with E-state index < -0.39 is 0 Å². The molecule has 7 heteroatoms. The van der Waals surface area contributed by atoms with Gasteiger partial charge in [0.1, 0.15) is 5.69 Å². The maximum absolute atomic E-state index is 12.5. The summed E-state index contributed by atoms with van der Waals surface area (Å²) in [7, 11) is 0. The summed E-state index contributed by atoms with van der Waals surface area (Å²) in [6.07, 6.45) is 2.04. The summed E-state index contributed by atoms with van der Waals surface area (Å²) >= 11 is 0. The molecule has 0 aliphatic carbocycles. The van der Waals surface area contributed by atoms with Crippen LogP contribution < -0.4 is 5.32 Å². The van der Waals surface area contributed by atoms with Crippen LogP contribution in [0.3, 0.4) is 0 Å². The molecule has 3 heterocycles. The van der Waals surface area contributed by atoms with Crippen LogP contribution in [0.25, 0.3) is 28.4 Å². The Balaban J connectivity index is 1.41. The quantitative estimate of drug-likeness (QED) is 0.457. The van der Waals surface area contributed by atoms with Crippen LogP contribution in [0.1, 0.15) is 11.1 Å². The van der Waals surface area contributed by atoms with Crippen LogP contribution in [0, 0.1) is 6.92 Å². The number of nitrogens with one attached hydrogen (secondary N) is 1. The molecular weight excluding hydrogens is 400 g/mol. The summed E-state index contributed by atoms with van der Waals surface area (Å²) in [5, 5.41) is 16.1. The molecule has 5 aromatic rings. The van der Waals surface area contributed by atoms with Gasteiger partial charge in [-0.1, -0.05) is 48.0 Å². The second kappa shape index (κ2) is 8.39. The Kier molecular flexibility index (Phi) is 5.13. The highest BCUT2D eigenvalue weighted by atomic mass is 16.1. The van der Waals surface area contributed by atoms with Gasteiger partial charge < -0.3 is 5.32 Å². The first-order chi connectivity index (χ1) is 15.7. The van der Waals surface area contributed by atoms with E-state index >= 15 is 0 Å². The second-order valence-electron chi connectivity index (χ2n) is 7.52. The minimum Gasteiger partial charge on any atom is -0.326 e. The van der Waals surface area contributed by atoms with E-state index in [4.69, 9.17) is 5.10 Å². The SMILES string of the molecule is Cc1cccc(CC(=O)Nc2cccc(-c3ccc4nnc(-c5ccccn5)n4n3)c2)c1. The van der Waals surface area contributed by atoms with Gasteiger partial charge in [-0.15, -0.1) is 10.2 Å². The van der Waals surface area contributed by atoms with Crippen molar-refractivity contribution in [2.45, 2.75) is 13.3 Å². The first-order valence-electron chi connectivity index (χ1n) is 10.3. The van der Waals surface area contributed by atoms with Crippen molar-refractivity contribution in [3.8, 4) is 22.8 Å². The zero-order valence-corrected chi connectivity index (χ0v) is 17.4. The van der Waals surface area contributed by atoms with Crippen LogP contribution in [0.15, 0.2) is 85.1 Å². The molecule has 0 spiro atoms. The molecule has 0 aliphatic rings. The first kappa shape index (κ1) is 19.6. The van der Waals surface area contributed by atoms with Crippen molar-refractivity contribution in [2.24, 2.45) is 0 Å². The minimum absolute atomic E-state index is 0.0626. The number of anilines is 1. The van der Waals surface area contributed by atoms with Crippen molar-refractivity contribution in [1.29, 1.82) is 0 Å². The number of pyridine rings is 1. The summed E-state index contributed by atoms with van der Waals surface area (Å²) in [5.74, 6) is 0.512. The zero-order valence-electron chi connectivity index (χ0n) is 17.4. The lowest BCUT2D eigenvalue weighted by molar-refractivity contribution is -0.115. The van der Waals surface area contributed by atoms with Gasteiger partial charge in [-0.3, -0.25) is 9.78 Å². The molecule has 156 valence electrons. The third-order valence-electron chi connectivity index (χ3n) is 5.05. The maximum atomic E-state index is 12.5. The number of aryl methyl sites for hydroxylation is 1. The van der Waals surface area contributed by atoms with Gasteiger partial charge in [0.25, 0.3) is 0 Å². The number of rotatable bonds is 5. The van der Waals surface area contributed by atoms with Crippen molar-refractivity contribution in [3.05, 3.63) is 96.2 Å². The standard InChI is InChI=1S/C25H20N6O/c1-17-6-4-7-18(14-17)15-24(32)27-20-9-5-8-19(16-20)21-11-12-23-28-29-25(31(23)30-21)22-10-2-3-13-26-22/h2-14,16H,15H2,1H3,(H,27,32). The summed E-state index contributed by atoms with van der Waals surface area (Å²) in [5.41, 5.74) is 5.79. The van der Waals surface area contributed by atoms with Gasteiger partial charge in [-0.2, -0.15) is 9.61 Å². The number of carbonyl (C=O) groups is 1. The molecule has 32 heavy (non-hydrogen) atoms. The zero-order chi connectivity index (χ0) is 21.9. The van der Waals surface area contributed by atoms with Crippen LogP contribution in [0.5, 0.6) is 0 Å². The van der Waals surface area contributed by atoms with Crippen molar-refractivity contribution in [1.82, 2.24) is 24.8 Å². The molecule has 0 atom stereocenters. The molecule has 0 saturated heterocycles. The van der Waals surface area contributed by atoms with E-state index in [1.54, 1.807) is 10.7 Å². The molecule has 0 bridgehead atoms. The molecule has 0 radical (unpaired) electrons. The number of fused-ring (bicyclic) bond motifs is 1. The van der Waals surface area contributed by atoms with Gasteiger partial charge in [-0.25, -0.2) is 0 Å². The minimum atomic E-state index is -0.0626. The summed E-state index contributed by atoms with van der Waals surface area (Å²) in [4.78, 5) is 16.9. The lowest BCUT2D eigenvalue weighted by Crippen LogP contribution is -2.14. The van der Waals surface area contributed by atoms with Crippen molar-refractivity contribution < 1.29 is 4.79 Å². The molecule has 0 fully saturated rings. The van der Waals surface area contributed by atoms with Gasteiger partial charge >= 0.3 is 0 Å². The molecule has 2 aromatic carbocycles. The second-order valence-corrected chi connectivity index (χ2v) is 7.52. The Hall–Kier alpha value is -4.39. The molecule has 0 unspecified atom stereocenters. The largest absolute Gasteiger partial charge is 0.326 e. The number of benzene rings is 2. The summed E-state index contributed by atoms with van der Waals surface area (Å²) in [6.45, 7) is 2.02. The van der Waals surface area contributed by atoms with E-state index in [0.717, 1.165) is 28.1 Å². The Morgan fingerprint density at radius 1 is 0.906 bits per heavy atom. The lowest BCUT2D eigenvalue weighted by atomic mass is 10.1. The number of hydrogen-bond donors (Lipinski definition) is 1. The lowest BCUT2D eigenvalue weighted by Gasteiger charge is -2.08. The van der Waals surface area contributed by atoms with Gasteiger partial charge in [0, 0.05) is 17.4 Å². The number of carbonyl (C=O) groups excluding carboxylic acids is 1. The molecule has 3 aromatic heterocycles. The Morgan fingerprint density at radius 3 is 2.66 bits per heavy atom. The van der Waals surface area contributed by atoms with E-state index in [1.807, 2.05) is 85.8 Å². The normalized spacial score (nSPS) is 10.9. The molecular formula is C25H20N6O. The Morgan fingerprint density at radius 2 is 1.81 bits per heavy atom. The van der Waals surface area contributed by atoms with Gasteiger partial charge in [0.2, 0.25) is 11.7 Å². The van der Waals surface area contributed by atoms with E-state index in [-0.39, 0.29) is 5.91 Å². The fourth-order valence-corrected chi connectivity index (χ4v) is 3.57. The molecule has 1 amide bonds. The van der Waals surface area contributed by atoms with Crippen molar-refractivity contribution >= 4 is 17.2 Å². The Bertz CT molecular complexity index is 1410. The monoisotopic (exact) mass is 420 g/mol. The number of hydrogen-bond acceptors (Lipinski definition) is 5. The molecule has 5 rings (SSSR count). The smallest absolute Gasteiger partial charge is 0.228 e. The van der Waals surface area contributed by atoms with Crippen molar-refractivity contribution in [2.75, 3.05) is 5.32 Å². The van der Waals surface area contributed by atoms with Crippen molar-refractivity contribution in [3.63, 3.8) is 0 Å². The number of aromatic nitrogens is 5. The predicted molar refractivity (Wildman–Crippen MR) is 123 cm³/mol. The van der Waals surface area contributed by atoms with Gasteiger partial charge in [0.15, 0.2) is 5.65 Å². The molecule has 0 saturated carbocycles. The number of nitrogens with zero attached hydrogens (tertiary/aromatic N) is 5.